The van der Waals surface area contributed by atoms with Crippen molar-refractivity contribution in [1.82, 2.24) is 10.3 Å². The molecule has 134 valence electrons. The highest BCUT2D eigenvalue weighted by atomic mass is 16.4. The van der Waals surface area contributed by atoms with Crippen molar-refractivity contribution in [3.8, 4) is 11.5 Å². The van der Waals surface area contributed by atoms with Crippen molar-refractivity contribution in [1.29, 1.82) is 0 Å². The lowest BCUT2D eigenvalue weighted by Gasteiger charge is -2.26. The zero-order valence-corrected chi connectivity index (χ0v) is 14.7. The second-order valence-electron chi connectivity index (χ2n) is 6.78. The van der Waals surface area contributed by atoms with Crippen LogP contribution in [0.2, 0.25) is 0 Å². The van der Waals surface area contributed by atoms with E-state index in [1.165, 1.54) is 0 Å². The molecule has 0 unspecified atom stereocenters. The normalized spacial score (nSPS) is 11.5. The maximum Gasteiger partial charge on any atom is 0.303 e. The van der Waals surface area contributed by atoms with Gasteiger partial charge in [-0.2, -0.15) is 0 Å². The molecule has 3 rings (SSSR count). The van der Waals surface area contributed by atoms with Crippen molar-refractivity contribution in [3.05, 3.63) is 54.3 Å². The first-order valence-electron chi connectivity index (χ1n) is 8.34. The van der Waals surface area contributed by atoms with Crippen LogP contribution in [0, 0.1) is 0 Å². The van der Waals surface area contributed by atoms with Crippen LogP contribution in [0.5, 0.6) is 0 Å². The Morgan fingerprint density at radius 2 is 1.96 bits per heavy atom. The molecule has 0 bridgehead atoms. The Morgan fingerprint density at radius 1 is 1.19 bits per heavy atom. The molecule has 0 aliphatic heterocycles. The predicted octanol–water partition coefficient (Wildman–Crippen LogP) is 3.87. The highest BCUT2D eigenvalue weighted by Gasteiger charge is 2.24. The van der Waals surface area contributed by atoms with Crippen LogP contribution in [0.15, 0.2) is 53.1 Å². The second-order valence-corrected chi connectivity index (χ2v) is 6.78. The molecule has 0 saturated carbocycles. The number of nitrogens with one attached hydrogen (secondary N) is 1. The summed E-state index contributed by atoms with van der Waals surface area (Å²) in [6.45, 7) is 3.62. The minimum Gasteiger partial charge on any atom is -0.481 e. The fraction of sp³-hybridized carbons (Fsp3) is 0.250. The van der Waals surface area contributed by atoms with E-state index in [1.54, 1.807) is 24.5 Å². The monoisotopic (exact) mass is 352 g/mol. The number of fused-ring (bicyclic) bond motifs is 1. The topological polar surface area (TPSA) is 92.4 Å². The Morgan fingerprint density at radius 3 is 2.65 bits per heavy atom. The Kier molecular flexibility index (Phi) is 4.75. The molecule has 6 nitrogen and oxygen atoms in total. The molecule has 0 atom stereocenters. The maximum atomic E-state index is 12.9. The number of para-hydroxylation sites is 1. The van der Waals surface area contributed by atoms with Crippen molar-refractivity contribution >= 4 is 22.8 Å². The molecule has 1 amide bonds. The largest absolute Gasteiger partial charge is 0.481 e. The number of pyridine rings is 1. The molecule has 2 heterocycles. The molecule has 26 heavy (non-hydrogen) atoms. The molecule has 3 aromatic rings. The van der Waals surface area contributed by atoms with Crippen LogP contribution in [-0.4, -0.2) is 27.5 Å². The third-order valence-electron chi connectivity index (χ3n) is 4.15. The van der Waals surface area contributed by atoms with E-state index >= 15 is 0 Å². The van der Waals surface area contributed by atoms with Gasteiger partial charge < -0.3 is 14.8 Å². The number of carboxylic acid groups (broad SMARTS) is 1. The van der Waals surface area contributed by atoms with E-state index in [4.69, 9.17) is 9.52 Å². The summed E-state index contributed by atoms with van der Waals surface area (Å²) in [5.41, 5.74) is 1.09. The lowest BCUT2D eigenvalue weighted by Crippen LogP contribution is -2.43. The molecule has 0 aliphatic rings. The van der Waals surface area contributed by atoms with Gasteiger partial charge in [0.1, 0.15) is 5.69 Å². The van der Waals surface area contributed by atoms with Crippen LogP contribution in [0.4, 0.5) is 0 Å². The third kappa shape index (κ3) is 3.91. The van der Waals surface area contributed by atoms with E-state index in [0.29, 0.717) is 29.0 Å². The van der Waals surface area contributed by atoms with E-state index in [9.17, 15) is 9.59 Å². The van der Waals surface area contributed by atoms with Gasteiger partial charge in [0, 0.05) is 17.3 Å². The Hall–Kier alpha value is -3.15. The van der Waals surface area contributed by atoms with Gasteiger partial charge in [0.2, 0.25) is 0 Å². The summed E-state index contributed by atoms with van der Waals surface area (Å²) in [5.74, 6) is -0.580. The lowest BCUT2D eigenvalue weighted by molar-refractivity contribution is -0.137. The van der Waals surface area contributed by atoms with Gasteiger partial charge >= 0.3 is 5.97 Å². The van der Waals surface area contributed by atoms with Crippen molar-refractivity contribution in [2.75, 3.05) is 0 Å². The van der Waals surface area contributed by atoms with Crippen LogP contribution in [-0.2, 0) is 4.79 Å². The zero-order chi connectivity index (χ0) is 18.7. The number of carboxylic acids is 1. The van der Waals surface area contributed by atoms with Crippen molar-refractivity contribution in [2.24, 2.45) is 0 Å². The Bertz CT molecular complexity index is 946. The number of carbonyl (C=O) groups is 2. The van der Waals surface area contributed by atoms with Crippen molar-refractivity contribution in [3.63, 3.8) is 0 Å². The van der Waals surface area contributed by atoms with E-state index < -0.39 is 11.5 Å². The maximum absolute atomic E-state index is 12.9. The first kappa shape index (κ1) is 17.7. The van der Waals surface area contributed by atoms with Gasteiger partial charge in [-0.25, -0.2) is 4.98 Å². The number of aromatic nitrogens is 1. The third-order valence-corrected chi connectivity index (χ3v) is 4.15. The van der Waals surface area contributed by atoms with E-state index in [1.807, 2.05) is 38.1 Å². The first-order chi connectivity index (χ1) is 12.4. The average molecular weight is 352 g/mol. The number of hydrogen-bond donors (Lipinski definition) is 2. The van der Waals surface area contributed by atoms with Crippen LogP contribution in [0.3, 0.4) is 0 Å². The van der Waals surface area contributed by atoms with Crippen molar-refractivity contribution in [2.45, 2.75) is 32.2 Å². The molecule has 1 aromatic carbocycles. The number of aliphatic carboxylic acids is 1. The zero-order valence-electron chi connectivity index (χ0n) is 14.7. The number of rotatable bonds is 6. The molecule has 0 aliphatic carbocycles. The molecular weight excluding hydrogens is 332 g/mol. The second kappa shape index (κ2) is 7.00. The van der Waals surface area contributed by atoms with E-state index in [0.717, 1.165) is 5.39 Å². The minimum atomic E-state index is -0.887. The summed E-state index contributed by atoms with van der Waals surface area (Å²) in [7, 11) is 0. The van der Waals surface area contributed by atoms with Gasteiger partial charge in [-0.3, -0.25) is 9.59 Å². The highest BCUT2D eigenvalue weighted by molar-refractivity contribution is 6.07. The highest BCUT2D eigenvalue weighted by Crippen LogP contribution is 2.26. The van der Waals surface area contributed by atoms with E-state index in [2.05, 4.69) is 10.3 Å². The number of furan rings is 1. The molecule has 0 spiro atoms. The van der Waals surface area contributed by atoms with Gasteiger partial charge in [-0.05, 0) is 44.5 Å². The van der Waals surface area contributed by atoms with Gasteiger partial charge in [0.25, 0.3) is 5.91 Å². The van der Waals surface area contributed by atoms with Crippen LogP contribution >= 0.6 is 0 Å². The fourth-order valence-electron chi connectivity index (χ4n) is 2.77. The number of carbonyl (C=O) groups excluding carboxylic acids is 1. The molecule has 2 N–H and O–H groups in total. The Labute approximate surface area is 150 Å². The van der Waals surface area contributed by atoms with Crippen LogP contribution in [0.1, 0.15) is 37.0 Å². The van der Waals surface area contributed by atoms with Crippen LogP contribution < -0.4 is 5.32 Å². The average Bonchev–Trinajstić information content (AvgIpc) is 3.13. The predicted molar refractivity (Wildman–Crippen MR) is 97.9 cm³/mol. The van der Waals surface area contributed by atoms with Crippen LogP contribution in [0.25, 0.3) is 22.4 Å². The molecule has 0 saturated heterocycles. The molecule has 2 aromatic heterocycles. The summed E-state index contributed by atoms with van der Waals surface area (Å²) < 4.78 is 5.41. The molecule has 6 heteroatoms. The summed E-state index contributed by atoms with van der Waals surface area (Å²) in [6.07, 6.45) is 1.88. The standard InChI is InChI=1S/C20H20N2O4/c1-20(2,10-9-18(23)24)22-19(25)14-12-16(17-8-5-11-26-17)21-15-7-4-3-6-13(14)15/h3-8,11-12H,9-10H2,1-2H3,(H,22,25)(H,23,24). The summed E-state index contributed by atoms with van der Waals surface area (Å²) in [5, 5.41) is 12.5. The first-order valence-corrected chi connectivity index (χ1v) is 8.34. The summed E-state index contributed by atoms with van der Waals surface area (Å²) in [6, 6.07) is 12.6. The minimum absolute atomic E-state index is 0.0119. The van der Waals surface area contributed by atoms with Gasteiger partial charge in [0.15, 0.2) is 5.76 Å². The number of nitrogens with zero attached hydrogens (tertiary/aromatic N) is 1. The number of hydrogen-bond acceptors (Lipinski definition) is 4. The van der Waals surface area contributed by atoms with Gasteiger partial charge in [0.05, 0.1) is 17.3 Å². The molecule has 0 fully saturated rings. The SMILES string of the molecule is CC(C)(CCC(=O)O)NC(=O)c1cc(-c2ccco2)nc2ccccc12. The molecular formula is C20H20N2O4. The van der Waals surface area contributed by atoms with E-state index in [-0.39, 0.29) is 12.3 Å². The quantitative estimate of drug-likeness (QED) is 0.702. The fourth-order valence-corrected chi connectivity index (χ4v) is 2.77. The number of amides is 1. The van der Waals surface area contributed by atoms with Gasteiger partial charge in [-0.15, -0.1) is 0 Å². The smallest absolute Gasteiger partial charge is 0.303 e. The van der Waals surface area contributed by atoms with Gasteiger partial charge in [-0.1, -0.05) is 18.2 Å². The summed E-state index contributed by atoms with van der Waals surface area (Å²) >= 11 is 0. The number of benzene rings is 1. The van der Waals surface area contributed by atoms with Crippen molar-refractivity contribution < 1.29 is 19.1 Å². The summed E-state index contributed by atoms with van der Waals surface area (Å²) in [4.78, 5) is 28.3. The molecule has 0 radical (unpaired) electrons. The Balaban J connectivity index is 1.97. The lowest BCUT2D eigenvalue weighted by atomic mass is 9.97.